The Hall–Kier alpha value is -0.750. The number of hydrogen-bond acceptors (Lipinski definition) is 4. The van der Waals surface area contributed by atoms with Gasteiger partial charge in [-0.3, -0.25) is 9.59 Å². The zero-order valence-corrected chi connectivity index (χ0v) is 13.9. The Kier molecular flexibility index (Phi) is 6.36. The molecule has 2 rings (SSSR count). The highest BCUT2D eigenvalue weighted by molar-refractivity contribution is 7.99. The molecule has 120 valence electrons. The zero-order chi connectivity index (χ0) is 15.2. The molecule has 0 aromatic rings. The van der Waals surface area contributed by atoms with Crippen molar-refractivity contribution in [2.75, 3.05) is 24.7 Å². The van der Waals surface area contributed by atoms with E-state index in [1.54, 1.807) is 16.7 Å². The summed E-state index contributed by atoms with van der Waals surface area (Å²) in [7, 11) is 0. The summed E-state index contributed by atoms with van der Waals surface area (Å²) in [5.41, 5.74) is 0. The van der Waals surface area contributed by atoms with Crippen LogP contribution in [0.3, 0.4) is 0 Å². The van der Waals surface area contributed by atoms with Crippen LogP contribution in [0.5, 0.6) is 0 Å². The van der Waals surface area contributed by atoms with Crippen LogP contribution < -0.4 is 10.6 Å². The topological polar surface area (TPSA) is 61.4 Å². The molecule has 3 unspecified atom stereocenters. The lowest BCUT2D eigenvalue weighted by Crippen LogP contribution is -2.55. The van der Waals surface area contributed by atoms with Crippen LogP contribution in [0.4, 0.5) is 0 Å². The maximum absolute atomic E-state index is 12.5. The van der Waals surface area contributed by atoms with Crippen molar-refractivity contribution in [3.8, 4) is 0 Å². The average Bonchev–Trinajstić information content (AvgIpc) is 2.96. The molecular weight excluding hydrogens is 286 g/mol. The predicted molar refractivity (Wildman–Crippen MR) is 86.1 cm³/mol. The number of carbonyl (C=O) groups is 2. The van der Waals surface area contributed by atoms with Gasteiger partial charge < -0.3 is 15.5 Å². The SMILES string of the molecule is CCCCC(=O)N1CSCC1C(=O)NC1CNCCC1C. The summed E-state index contributed by atoms with van der Waals surface area (Å²) in [4.78, 5) is 26.5. The number of rotatable bonds is 5. The molecule has 5 nitrogen and oxygen atoms in total. The van der Waals surface area contributed by atoms with Crippen molar-refractivity contribution in [3.63, 3.8) is 0 Å². The van der Waals surface area contributed by atoms with E-state index in [4.69, 9.17) is 0 Å². The van der Waals surface area contributed by atoms with Crippen LogP contribution in [0.2, 0.25) is 0 Å². The Balaban J connectivity index is 1.89. The number of piperidine rings is 1. The second-order valence-corrected chi connectivity index (χ2v) is 7.07. The highest BCUT2D eigenvalue weighted by atomic mass is 32.2. The summed E-state index contributed by atoms with van der Waals surface area (Å²) in [6.45, 7) is 6.11. The van der Waals surface area contributed by atoms with Crippen molar-refractivity contribution in [1.82, 2.24) is 15.5 Å². The van der Waals surface area contributed by atoms with Gasteiger partial charge in [-0.15, -0.1) is 11.8 Å². The summed E-state index contributed by atoms with van der Waals surface area (Å²) < 4.78 is 0. The first-order chi connectivity index (χ1) is 10.1. The fourth-order valence-corrected chi connectivity index (χ4v) is 4.02. The Morgan fingerprint density at radius 1 is 1.43 bits per heavy atom. The molecule has 2 saturated heterocycles. The van der Waals surface area contributed by atoms with Crippen LogP contribution in [0.25, 0.3) is 0 Å². The van der Waals surface area contributed by atoms with Crippen molar-refractivity contribution < 1.29 is 9.59 Å². The quantitative estimate of drug-likeness (QED) is 0.800. The van der Waals surface area contributed by atoms with E-state index in [-0.39, 0.29) is 23.9 Å². The molecule has 0 aromatic heterocycles. The molecule has 21 heavy (non-hydrogen) atoms. The Morgan fingerprint density at radius 3 is 2.95 bits per heavy atom. The largest absolute Gasteiger partial charge is 0.350 e. The van der Waals surface area contributed by atoms with E-state index in [9.17, 15) is 9.59 Å². The number of carbonyl (C=O) groups excluding carboxylic acids is 2. The predicted octanol–water partition coefficient (Wildman–Crippen LogP) is 1.19. The molecule has 2 heterocycles. The molecular formula is C15H27N3O2S. The summed E-state index contributed by atoms with van der Waals surface area (Å²) in [5, 5.41) is 6.47. The lowest BCUT2D eigenvalue weighted by molar-refractivity contribution is -0.138. The van der Waals surface area contributed by atoms with E-state index < -0.39 is 0 Å². The highest BCUT2D eigenvalue weighted by Crippen LogP contribution is 2.23. The standard InChI is InChI=1S/C15H27N3O2S/c1-3-4-5-14(19)18-10-21-9-13(18)15(20)17-12-8-16-7-6-11(12)2/h11-13,16H,3-10H2,1-2H3,(H,17,20). The minimum Gasteiger partial charge on any atom is -0.350 e. The van der Waals surface area contributed by atoms with Gasteiger partial charge in [-0.1, -0.05) is 20.3 Å². The molecule has 0 radical (unpaired) electrons. The molecule has 2 N–H and O–H groups in total. The van der Waals surface area contributed by atoms with E-state index in [1.165, 1.54) is 0 Å². The zero-order valence-electron chi connectivity index (χ0n) is 13.1. The van der Waals surface area contributed by atoms with Crippen molar-refractivity contribution in [1.29, 1.82) is 0 Å². The smallest absolute Gasteiger partial charge is 0.243 e. The summed E-state index contributed by atoms with van der Waals surface area (Å²) in [6.07, 6.45) is 3.55. The van der Waals surface area contributed by atoms with Gasteiger partial charge in [0.05, 0.1) is 5.88 Å². The van der Waals surface area contributed by atoms with Crippen molar-refractivity contribution >= 4 is 23.6 Å². The summed E-state index contributed by atoms with van der Waals surface area (Å²) in [6, 6.07) is -0.0991. The minimum atomic E-state index is -0.284. The van der Waals surface area contributed by atoms with Crippen LogP contribution in [-0.2, 0) is 9.59 Å². The van der Waals surface area contributed by atoms with Gasteiger partial charge in [0.2, 0.25) is 11.8 Å². The molecule has 2 amide bonds. The lowest BCUT2D eigenvalue weighted by Gasteiger charge is -2.32. The maximum atomic E-state index is 12.5. The second kappa shape index (κ2) is 8.03. The molecule has 3 atom stereocenters. The number of unbranched alkanes of at least 4 members (excludes halogenated alkanes) is 1. The number of nitrogens with zero attached hydrogens (tertiary/aromatic N) is 1. The third-order valence-electron chi connectivity index (χ3n) is 4.40. The fourth-order valence-electron chi connectivity index (χ4n) is 2.84. The monoisotopic (exact) mass is 313 g/mol. The first-order valence-corrected chi connectivity index (χ1v) is 9.17. The molecule has 0 bridgehead atoms. The summed E-state index contributed by atoms with van der Waals surface area (Å²) >= 11 is 1.67. The van der Waals surface area contributed by atoms with E-state index >= 15 is 0 Å². The Morgan fingerprint density at radius 2 is 2.24 bits per heavy atom. The number of amides is 2. The molecule has 6 heteroatoms. The molecule has 2 fully saturated rings. The van der Waals surface area contributed by atoms with Gasteiger partial charge in [-0.25, -0.2) is 0 Å². The maximum Gasteiger partial charge on any atom is 0.243 e. The van der Waals surface area contributed by atoms with Crippen molar-refractivity contribution in [2.45, 2.75) is 51.6 Å². The van der Waals surface area contributed by atoms with E-state index in [0.29, 0.717) is 18.2 Å². The van der Waals surface area contributed by atoms with Gasteiger partial charge in [0, 0.05) is 24.8 Å². The molecule has 0 saturated carbocycles. The molecule has 0 aromatic carbocycles. The molecule has 2 aliphatic rings. The van der Waals surface area contributed by atoms with Crippen LogP contribution in [0.1, 0.15) is 39.5 Å². The van der Waals surface area contributed by atoms with E-state index in [0.717, 1.165) is 38.1 Å². The third-order valence-corrected chi connectivity index (χ3v) is 5.42. The second-order valence-electron chi connectivity index (χ2n) is 6.07. The van der Waals surface area contributed by atoms with E-state index in [2.05, 4.69) is 24.5 Å². The van der Waals surface area contributed by atoms with Crippen LogP contribution >= 0.6 is 11.8 Å². The lowest BCUT2D eigenvalue weighted by atomic mass is 9.94. The summed E-state index contributed by atoms with van der Waals surface area (Å²) in [5.74, 6) is 2.01. The minimum absolute atomic E-state index is 0.0189. The van der Waals surface area contributed by atoms with Gasteiger partial charge in [-0.2, -0.15) is 0 Å². The molecule has 0 spiro atoms. The Labute approximate surface area is 131 Å². The van der Waals surface area contributed by atoms with Gasteiger partial charge in [-0.05, 0) is 25.3 Å². The van der Waals surface area contributed by atoms with Gasteiger partial charge in [0.1, 0.15) is 6.04 Å². The van der Waals surface area contributed by atoms with Crippen LogP contribution in [0, 0.1) is 5.92 Å². The van der Waals surface area contributed by atoms with Crippen molar-refractivity contribution in [3.05, 3.63) is 0 Å². The highest BCUT2D eigenvalue weighted by Gasteiger charge is 2.35. The fraction of sp³-hybridized carbons (Fsp3) is 0.867. The number of thioether (sulfide) groups is 1. The van der Waals surface area contributed by atoms with Gasteiger partial charge in [0.25, 0.3) is 0 Å². The van der Waals surface area contributed by atoms with Gasteiger partial charge in [0.15, 0.2) is 0 Å². The molecule has 2 aliphatic heterocycles. The number of hydrogen-bond donors (Lipinski definition) is 2. The Bertz CT molecular complexity index is 378. The van der Waals surface area contributed by atoms with E-state index in [1.807, 2.05) is 0 Å². The molecule has 0 aliphatic carbocycles. The average molecular weight is 313 g/mol. The first-order valence-electron chi connectivity index (χ1n) is 8.01. The first kappa shape index (κ1) is 16.6. The normalized spacial score (nSPS) is 29.4. The third kappa shape index (κ3) is 4.36. The van der Waals surface area contributed by atoms with Crippen LogP contribution in [-0.4, -0.2) is 53.5 Å². The number of nitrogens with one attached hydrogen (secondary N) is 2. The van der Waals surface area contributed by atoms with Gasteiger partial charge >= 0.3 is 0 Å². The van der Waals surface area contributed by atoms with Crippen LogP contribution in [0.15, 0.2) is 0 Å². The van der Waals surface area contributed by atoms with Crippen molar-refractivity contribution in [2.24, 2.45) is 5.92 Å².